The van der Waals surface area contributed by atoms with Gasteiger partial charge in [-0.3, -0.25) is 14.5 Å². The minimum absolute atomic E-state index is 0.103. The standard InChI is InChI=1S/C20H34N4O2/c1-14(20-11-15-8-16(12-20)10-17(9-15)13-20)22-18(25)19(26)24-6-4-23(3-2-21)5-7-24/h14-17H,2-13,21H2,1H3,(H,22,25). The number of hydrogen-bond acceptors (Lipinski definition) is 4. The molecular formula is C20H34N4O2. The van der Waals surface area contributed by atoms with Crippen molar-refractivity contribution in [3.05, 3.63) is 0 Å². The van der Waals surface area contributed by atoms with Crippen LogP contribution < -0.4 is 11.1 Å². The summed E-state index contributed by atoms with van der Waals surface area (Å²) in [5, 5.41) is 3.11. The number of nitrogens with one attached hydrogen (secondary N) is 1. The molecule has 1 atom stereocenters. The number of carbonyl (C=O) groups is 2. The molecule has 0 spiro atoms. The van der Waals surface area contributed by atoms with Gasteiger partial charge in [0.1, 0.15) is 0 Å². The van der Waals surface area contributed by atoms with Crippen LogP contribution in [0.25, 0.3) is 0 Å². The molecular weight excluding hydrogens is 328 g/mol. The quantitative estimate of drug-likeness (QED) is 0.726. The summed E-state index contributed by atoms with van der Waals surface area (Å²) in [7, 11) is 0. The first-order valence-electron chi connectivity index (χ1n) is 10.5. The maximum atomic E-state index is 12.6. The molecule has 1 unspecified atom stereocenters. The van der Waals surface area contributed by atoms with Crippen LogP contribution in [0.5, 0.6) is 0 Å². The fourth-order valence-corrected chi connectivity index (χ4v) is 6.62. The Bertz CT molecular complexity index is 521. The maximum Gasteiger partial charge on any atom is 0.311 e. The van der Waals surface area contributed by atoms with E-state index in [1.165, 1.54) is 38.5 Å². The van der Waals surface area contributed by atoms with E-state index in [9.17, 15) is 9.59 Å². The van der Waals surface area contributed by atoms with Crippen molar-refractivity contribution in [2.45, 2.75) is 51.5 Å². The Hall–Kier alpha value is -1.14. The lowest BCUT2D eigenvalue weighted by atomic mass is 9.48. The van der Waals surface area contributed by atoms with Crippen molar-refractivity contribution in [2.24, 2.45) is 28.9 Å². The van der Waals surface area contributed by atoms with Crippen LogP contribution in [-0.4, -0.2) is 66.9 Å². The number of nitrogens with zero attached hydrogens (tertiary/aromatic N) is 2. The molecule has 3 N–H and O–H groups in total. The van der Waals surface area contributed by atoms with Gasteiger partial charge in [0, 0.05) is 45.3 Å². The molecule has 0 aromatic carbocycles. The summed E-state index contributed by atoms with van der Waals surface area (Å²) < 4.78 is 0. The van der Waals surface area contributed by atoms with Crippen LogP contribution in [0.4, 0.5) is 0 Å². The summed E-state index contributed by atoms with van der Waals surface area (Å²) in [4.78, 5) is 29.2. The van der Waals surface area contributed by atoms with Gasteiger partial charge < -0.3 is 16.0 Å². The second-order valence-electron chi connectivity index (χ2n) is 9.40. The third-order valence-corrected chi connectivity index (χ3v) is 7.65. The maximum absolute atomic E-state index is 12.6. The summed E-state index contributed by atoms with van der Waals surface area (Å²) in [5.74, 6) is 1.81. The van der Waals surface area contributed by atoms with Gasteiger partial charge in [0.2, 0.25) is 0 Å². The van der Waals surface area contributed by atoms with Gasteiger partial charge >= 0.3 is 11.8 Å². The highest BCUT2D eigenvalue weighted by molar-refractivity contribution is 6.35. The highest BCUT2D eigenvalue weighted by Crippen LogP contribution is 2.61. The predicted octanol–water partition coefficient (Wildman–Crippen LogP) is 0.810. The number of carbonyl (C=O) groups excluding carboxylic acids is 2. The zero-order chi connectivity index (χ0) is 18.3. The number of hydrogen-bond donors (Lipinski definition) is 2. The first-order valence-corrected chi connectivity index (χ1v) is 10.5. The van der Waals surface area contributed by atoms with E-state index in [0.29, 0.717) is 19.6 Å². The monoisotopic (exact) mass is 362 g/mol. The molecule has 6 heteroatoms. The van der Waals surface area contributed by atoms with Crippen molar-refractivity contribution in [3.63, 3.8) is 0 Å². The molecule has 4 bridgehead atoms. The molecule has 1 saturated heterocycles. The number of rotatable bonds is 4. The minimum Gasteiger partial charge on any atom is -0.345 e. The van der Waals surface area contributed by atoms with E-state index >= 15 is 0 Å². The van der Waals surface area contributed by atoms with Crippen LogP contribution in [-0.2, 0) is 9.59 Å². The summed E-state index contributed by atoms with van der Waals surface area (Å²) >= 11 is 0. The molecule has 26 heavy (non-hydrogen) atoms. The smallest absolute Gasteiger partial charge is 0.311 e. The molecule has 0 aromatic rings. The van der Waals surface area contributed by atoms with E-state index in [4.69, 9.17) is 5.73 Å². The normalized spacial score (nSPS) is 37.6. The SMILES string of the molecule is CC(NC(=O)C(=O)N1CCN(CCN)CC1)C12CC3CC(CC(C3)C1)C2. The molecule has 4 aliphatic carbocycles. The van der Waals surface area contributed by atoms with Gasteiger partial charge in [0.15, 0.2) is 0 Å². The molecule has 6 nitrogen and oxygen atoms in total. The highest BCUT2D eigenvalue weighted by Gasteiger charge is 2.53. The van der Waals surface area contributed by atoms with Crippen LogP contribution in [0.15, 0.2) is 0 Å². The van der Waals surface area contributed by atoms with E-state index in [0.717, 1.165) is 37.4 Å². The molecule has 1 heterocycles. The third-order valence-electron chi connectivity index (χ3n) is 7.65. The van der Waals surface area contributed by atoms with Gasteiger partial charge in [-0.2, -0.15) is 0 Å². The van der Waals surface area contributed by atoms with Crippen molar-refractivity contribution in [1.29, 1.82) is 0 Å². The van der Waals surface area contributed by atoms with Gasteiger partial charge in [0.05, 0.1) is 0 Å². The number of amides is 2. The number of nitrogens with two attached hydrogens (primary N) is 1. The van der Waals surface area contributed by atoms with E-state index in [1.807, 2.05) is 0 Å². The fraction of sp³-hybridized carbons (Fsp3) is 0.900. The molecule has 5 fully saturated rings. The second kappa shape index (κ2) is 7.12. The van der Waals surface area contributed by atoms with Crippen LogP contribution in [0.3, 0.4) is 0 Å². The Morgan fingerprint density at radius 3 is 2.08 bits per heavy atom. The van der Waals surface area contributed by atoms with Crippen molar-refractivity contribution < 1.29 is 9.59 Å². The molecule has 0 aromatic heterocycles. The summed E-state index contributed by atoms with van der Waals surface area (Å²) in [6.07, 6.45) is 7.91. The molecule has 4 saturated carbocycles. The van der Waals surface area contributed by atoms with Crippen molar-refractivity contribution in [2.75, 3.05) is 39.3 Å². The van der Waals surface area contributed by atoms with Crippen LogP contribution in [0.1, 0.15) is 45.4 Å². The third kappa shape index (κ3) is 3.38. The minimum atomic E-state index is -0.402. The van der Waals surface area contributed by atoms with Crippen LogP contribution in [0.2, 0.25) is 0 Å². The van der Waals surface area contributed by atoms with E-state index < -0.39 is 5.91 Å². The zero-order valence-electron chi connectivity index (χ0n) is 16.1. The molecule has 146 valence electrons. The Balaban J connectivity index is 1.32. The van der Waals surface area contributed by atoms with Gasteiger partial charge in [-0.15, -0.1) is 0 Å². The highest BCUT2D eigenvalue weighted by atomic mass is 16.2. The van der Waals surface area contributed by atoms with Crippen molar-refractivity contribution >= 4 is 11.8 Å². The first kappa shape index (κ1) is 18.2. The average molecular weight is 363 g/mol. The van der Waals surface area contributed by atoms with Crippen molar-refractivity contribution in [3.8, 4) is 0 Å². The molecule has 2 amide bonds. The Kier molecular flexibility index (Phi) is 4.99. The van der Waals surface area contributed by atoms with Crippen LogP contribution >= 0.6 is 0 Å². The first-order chi connectivity index (χ1) is 12.5. The van der Waals surface area contributed by atoms with Crippen molar-refractivity contribution in [1.82, 2.24) is 15.1 Å². The van der Waals surface area contributed by atoms with E-state index in [2.05, 4.69) is 17.1 Å². The second-order valence-corrected chi connectivity index (χ2v) is 9.40. The fourth-order valence-electron chi connectivity index (χ4n) is 6.62. The summed E-state index contributed by atoms with van der Waals surface area (Å²) in [6, 6.07) is 0.103. The largest absolute Gasteiger partial charge is 0.345 e. The van der Waals surface area contributed by atoms with Gasteiger partial charge in [-0.25, -0.2) is 0 Å². The van der Waals surface area contributed by atoms with E-state index in [-0.39, 0.29) is 17.4 Å². The summed E-state index contributed by atoms with van der Waals surface area (Å²) in [5.41, 5.74) is 5.83. The Morgan fingerprint density at radius 2 is 1.58 bits per heavy atom. The number of piperazine rings is 1. The molecule has 0 radical (unpaired) electrons. The predicted molar refractivity (Wildman–Crippen MR) is 100 cm³/mol. The summed E-state index contributed by atoms with van der Waals surface area (Å²) in [6.45, 7) is 6.49. The van der Waals surface area contributed by atoms with Crippen LogP contribution in [0, 0.1) is 23.2 Å². The lowest BCUT2D eigenvalue weighted by Crippen LogP contribution is -2.59. The lowest BCUT2D eigenvalue weighted by molar-refractivity contribution is -0.148. The Morgan fingerprint density at radius 1 is 1.04 bits per heavy atom. The van der Waals surface area contributed by atoms with Gasteiger partial charge in [-0.05, 0) is 68.6 Å². The zero-order valence-corrected chi connectivity index (χ0v) is 16.1. The molecule has 5 aliphatic rings. The molecule has 5 rings (SSSR count). The van der Waals surface area contributed by atoms with Gasteiger partial charge in [0.25, 0.3) is 0 Å². The van der Waals surface area contributed by atoms with E-state index in [1.54, 1.807) is 4.90 Å². The Labute approximate surface area is 156 Å². The van der Waals surface area contributed by atoms with Gasteiger partial charge in [-0.1, -0.05) is 0 Å². The topological polar surface area (TPSA) is 78.7 Å². The lowest BCUT2D eigenvalue weighted by Gasteiger charge is -2.59. The molecule has 1 aliphatic heterocycles. The average Bonchev–Trinajstić information content (AvgIpc) is 2.61.